The molecule has 100 valence electrons. The molecule has 0 saturated heterocycles. The van der Waals surface area contributed by atoms with Gasteiger partial charge in [0.1, 0.15) is 4.88 Å². The van der Waals surface area contributed by atoms with Crippen molar-refractivity contribution in [2.75, 3.05) is 0 Å². The van der Waals surface area contributed by atoms with Crippen LogP contribution in [0.1, 0.15) is 46.6 Å². The summed E-state index contributed by atoms with van der Waals surface area (Å²) in [6.07, 6.45) is 1.45. The molecule has 1 aromatic rings. The molecular formula is C12H18N2O3S. The summed E-state index contributed by atoms with van der Waals surface area (Å²) in [7, 11) is 0. The smallest absolute Gasteiger partial charge is 0.305 e. The van der Waals surface area contributed by atoms with E-state index in [0.717, 1.165) is 11.4 Å². The first kappa shape index (κ1) is 14.6. The Bertz CT molecular complexity index is 443. The predicted octanol–water partition coefficient (Wildman–Crippen LogP) is 2.13. The third-order valence-corrected chi connectivity index (χ3v) is 3.57. The summed E-state index contributed by atoms with van der Waals surface area (Å²) in [5, 5.41) is 12.4. The minimum Gasteiger partial charge on any atom is -0.481 e. The lowest BCUT2D eigenvalue weighted by molar-refractivity contribution is -0.137. The second kappa shape index (κ2) is 6.49. The van der Waals surface area contributed by atoms with E-state index in [-0.39, 0.29) is 18.4 Å². The molecule has 1 amide bonds. The zero-order valence-electron chi connectivity index (χ0n) is 10.8. The molecule has 0 fully saturated rings. The Labute approximate surface area is 110 Å². The molecule has 1 heterocycles. The first-order valence-electron chi connectivity index (χ1n) is 5.90. The van der Waals surface area contributed by atoms with Gasteiger partial charge in [-0.15, -0.1) is 11.3 Å². The van der Waals surface area contributed by atoms with E-state index in [9.17, 15) is 9.59 Å². The largest absolute Gasteiger partial charge is 0.481 e. The average molecular weight is 270 g/mol. The normalized spacial score (nSPS) is 12.2. The minimum atomic E-state index is -0.897. The predicted molar refractivity (Wildman–Crippen MR) is 70.0 cm³/mol. The summed E-state index contributed by atoms with van der Waals surface area (Å²) in [5.74, 6) is -1.12. The van der Waals surface area contributed by atoms with Crippen LogP contribution < -0.4 is 5.32 Å². The van der Waals surface area contributed by atoms with Crippen molar-refractivity contribution < 1.29 is 14.7 Å². The van der Waals surface area contributed by atoms with Gasteiger partial charge in [0.25, 0.3) is 5.91 Å². The summed E-state index contributed by atoms with van der Waals surface area (Å²) < 4.78 is 0. The van der Waals surface area contributed by atoms with Gasteiger partial charge in [-0.05, 0) is 20.3 Å². The molecule has 0 aliphatic carbocycles. The van der Waals surface area contributed by atoms with Crippen molar-refractivity contribution in [3.05, 3.63) is 15.6 Å². The zero-order chi connectivity index (χ0) is 13.7. The number of carboxylic acids is 1. The highest BCUT2D eigenvalue weighted by molar-refractivity contribution is 7.13. The Morgan fingerprint density at radius 2 is 2.11 bits per heavy atom. The fourth-order valence-corrected chi connectivity index (χ4v) is 2.60. The van der Waals surface area contributed by atoms with E-state index in [1.54, 1.807) is 6.92 Å². The molecule has 0 aromatic carbocycles. The third-order valence-electron chi connectivity index (χ3n) is 2.50. The van der Waals surface area contributed by atoms with Crippen molar-refractivity contribution in [2.24, 2.45) is 0 Å². The van der Waals surface area contributed by atoms with Crippen LogP contribution in [0.2, 0.25) is 0 Å². The highest BCUT2D eigenvalue weighted by Crippen LogP contribution is 2.17. The molecule has 6 heteroatoms. The first-order chi connectivity index (χ1) is 8.43. The molecule has 1 atom stereocenters. The SMILES string of the molecule is CCCC(CC(=O)O)NC(=O)c1sc(C)nc1C. The lowest BCUT2D eigenvalue weighted by atomic mass is 10.1. The molecule has 0 bridgehead atoms. The number of nitrogens with one attached hydrogen (secondary N) is 1. The summed E-state index contributed by atoms with van der Waals surface area (Å²) in [5.41, 5.74) is 0.695. The molecule has 1 unspecified atom stereocenters. The third kappa shape index (κ3) is 4.10. The van der Waals surface area contributed by atoms with E-state index in [0.29, 0.717) is 17.0 Å². The lowest BCUT2D eigenvalue weighted by Gasteiger charge is -2.15. The number of amides is 1. The Kier molecular flexibility index (Phi) is 5.27. The van der Waals surface area contributed by atoms with Gasteiger partial charge in [-0.1, -0.05) is 13.3 Å². The van der Waals surface area contributed by atoms with Crippen LogP contribution in [0.25, 0.3) is 0 Å². The van der Waals surface area contributed by atoms with E-state index in [1.807, 2.05) is 13.8 Å². The van der Waals surface area contributed by atoms with Gasteiger partial charge in [0.2, 0.25) is 0 Å². The van der Waals surface area contributed by atoms with Crippen molar-refractivity contribution in [3.63, 3.8) is 0 Å². The Balaban J connectivity index is 2.71. The number of hydrogen-bond donors (Lipinski definition) is 2. The highest BCUT2D eigenvalue weighted by atomic mass is 32.1. The summed E-state index contributed by atoms with van der Waals surface area (Å²) in [6, 6.07) is -0.318. The van der Waals surface area contributed by atoms with Gasteiger partial charge in [-0.3, -0.25) is 9.59 Å². The number of nitrogens with zero attached hydrogens (tertiary/aromatic N) is 1. The number of carbonyl (C=O) groups is 2. The quantitative estimate of drug-likeness (QED) is 0.830. The Morgan fingerprint density at radius 1 is 1.44 bits per heavy atom. The van der Waals surface area contributed by atoms with Crippen LogP contribution >= 0.6 is 11.3 Å². The van der Waals surface area contributed by atoms with E-state index in [4.69, 9.17) is 5.11 Å². The minimum absolute atomic E-state index is 0.0452. The second-order valence-corrected chi connectivity index (χ2v) is 5.41. The zero-order valence-corrected chi connectivity index (χ0v) is 11.6. The number of carbonyl (C=O) groups excluding carboxylic acids is 1. The van der Waals surface area contributed by atoms with Gasteiger partial charge in [0.05, 0.1) is 17.1 Å². The van der Waals surface area contributed by atoms with Crippen LogP contribution in [-0.4, -0.2) is 28.0 Å². The Hall–Kier alpha value is -1.43. The maximum atomic E-state index is 12.0. The van der Waals surface area contributed by atoms with E-state index < -0.39 is 5.97 Å². The molecule has 18 heavy (non-hydrogen) atoms. The molecule has 5 nitrogen and oxygen atoms in total. The van der Waals surface area contributed by atoms with Crippen molar-refractivity contribution in [1.82, 2.24) is 10.3 Å². The van der Waals surface area contributed by atoms with Gasteiger partial charge >= 0.3 is 5.97 Å². The van der Waals surface area contributed by atoms with Crippen LogP contribution in [0.4, 0.5) is 0 Å². The van der Waals surface area contributed by atoms with Crippen molar-refractivity contribution in [3.8, 4) is 0 Å². The van der Waals surface area contributed by atoms with Gasteiger partial charge in [-0.25, -0.2) is 4.98 Å². The molecule has 0 aliphatic rings. The number of aliphatic carboxylic acids is 1. The van der Waals surface area contributed by atoms with Crippen LogP contribution in [0, 0.1) is 13.8 Å². The van der Waals surface area contributed by atoms with Crippen LogP contribution in [0.15, 0.2) is 0 Å². The molecule has 0 spiro atoms. The number of hydrogen-bond acceptors (Lipinski definition) is 4. The number of rotatable bonds is 6. The molecule has 0 aliphatic heterocycles. The highest BCUT2D eigenvalue weighted by Gasteiger charge is 2.19. The van der Waals surface area contributed by atoms with Crippen molar-refractivity contribution >= 4 is 23.2 Å². The van der Waals surface area contributed by atoms with Crippen molar-refractivity contribution in [1.29, 1.82) is 0 Å². The molecular weight excluding hydrogens is 252 g/mol. The number of carboxylic acid groups (broad SMARTS) is 1. The summed E-state index contributed by atoms with van der Waals surface area (Å²) in [4.78, 5) is 27.5. The Morgan fingerprint density at radius 3 is 2.56 bits per heavy atom. The topological polar surface area (TPSA) is 79.3 Å². The number of aromatic nitrogens is 1. The van der Waals surface area contributed by atoms with Crippen LogP contribution in [0.3, 0.4) is 0 Å². The molecule has 2 N–H and O–H groups in total. The maximum absolute atomic E-state index is 12.0. The van der Waals surface area contributed by atoms with E-state index in [1.165, 1.54) is 11.3 Å². The van der Waals surface area contributed by atoms with E-state index >= 15 is 0 Å². The van der Waals surface area contributed by atoms with E-state index in [2.05, 4.69) is 10.3 Å². The molecule has 0 radical (unpaired) electrons. The lowest BCUT2D eigenvalue weighted by Crippen LogP contribution is -2.36. The molecule has 1 aromatic heterocycles. The van der Waals surface area contributed by atoms with Gasteiger partial charge < -0.3 is 10.4 Å². The number of aryl methyl sites for hydroxylation is 2. The maximum Gasteiger partial charge on any atom is 0.305 e. The van der Waals surface area contributed by atoms with Gasteiger partial charge in [0.15, 0.2) is 0 Å². The average Bonchev–Trinajstić information content (AvgIpc) is 2.57. The molecule has 1 rings (SSSR count). The second-order valence-electron chi connectivity index (χ2n) is 4.20. The van der Waals surface area contributed by atoms with Crippen molar-refractivity contribution in [2.45, 2.75) is 46.1 Å². The van der Waals surface area contributed by atoms with Crippen LogP contribution in [-0.2, 0) is 4.79 Å². The first-order valence-corrected chi connectivity index (χ1v) is 6.72. The standard InChI is InChI=1S/C12H18N2O3S/c1-4-5-9(6-10(15)16)14-12(17)11-7(2)13-8(3)18-11/h9H,4-6H2,1-3H3,(H,14,17)(H,15,16). The molecule has 0 saturated carbocycles. The van der Waals surface area contributed by atoms with Gasteiger partial charge in [-0.2, -0.15) is 0 Å². The fourth-order valence-electron chi connectivity index (χ4n) is 1.78. The number of thiazole rings is 1. The summed E-state index contributed by atoms with van der Waals surface area (Å²) in [6.45, 7) is 5.59. The van der Waals surface area contributed by atoms with Gasteiger partial charge in [0, 0.05) is 6.04 Å². The summed E-state index contributed by atoms with van der Waals surface area (Å²) >= 11 is 1.33. The monoisotopic (exact) mass is 270 g/mol. The van der Waals surface area contributed by atoms with Crippen LogP contribution in [0.5, 0.6) is 0 Å². The fraction of sp³-hybridized carbons (Fsp3) is 0.583.